The van der Waals surface area contributed by atoms with Crippen LogP contribution < -0.4 is 5.14 Å². The molecule has 0 aliphatic rings. The number of nitrogens with two attached hydrogens (primary N) is 1. The van der Waals surface area contributed by atoms with Gasteiger partial charge in [0.2, 0.25) is 0 Å². The molecule has 1 amide bonds. The fraction of sp³-hybridized carbons (Fsp3) is 0.188. The van der Waals surface area contributed by atoms with Crippen molar-refractivity contribution in [3.8, 4) is 5.75 Å². The SMILES string of the molecule is Cc1cc(C(F)(F)F)cc(O)c1CC(=O)N=S(N)(=O)c1ccccc1. The van der Waals surface area contributed by atoms with E-state index in [2.05, 4.69) is 4.36 Å². The first kappa shape index (κ1) is 18.9. The summed E-state index contributed by atoms with van der Waals surface area (Å²) < 4.78 is 53.9. The molecule has 3 N–H and O–H groups in total. The molecule has 0 aliphatic carbocycles. The third kappa shape index (κ3) is 4.58. The number of halogens is 3. The number of aryl methyl sites for hydroxylation is 1. The Kier molecular flexibility index (Phi) is 5.19. The molecule has 25 heavy (non-hydrogen) atoms. The van der Waals surface area contributed by atoms with Gasteiger partial charge in [-0.25, -0.2) is 9.35 Å². The van der Waals surface area contributed by atoms with Crippen LogP contribution in [0.5, 0.6) is 5.75 Å². The van der Waals surface area contributed by atoms with E-state index in [0.29, 0.717) is 6.07 Å². The number of alkyl halides is 3. The summed E-state index contributed by atoms with van der Waals surface area (Å²) in [5.41, 5.74) is -0.980. The van der Waals surface area contributed by atoms with Gasteiger partial charge in [-0.05, 0) is 36.8 Å². The van der Waals surface area contributed by atoms with Gasteiger partial charge < -0.3 is 5.11 Å². The van der Waals surface area contributed by atoms with Gasteiger partial charge in [-0.3, -0.25) is 4.79 Å². The van der Waals surface area contributed by atoms with Crippen LogP contribution in [-0.4, -0.2) is 15.2 Å². The number of aromatic hydroxyl groups is 1. The Morgan fingerprint density at radius 2 is 1.84 bits per heavy atom. The summed E-state index contributed by atoms with van der Waals surface area (Å²) in [5, 5.41) is 15.4. The largest absolute Gasteiger partial charge is 0.508 e. The summed E-state index contributed by atoms with van der Waals surface area (Å²) in [7, 11) is -3.47. The monoisotopic (exact) mass is 372 g/mol. The van der Waals surface area contributed by atoms with Crippen molar-refractivity contribution < 1.29 is 27.3 Å². The van der Waals surface area contributed by atoms with Crippen molar-refractivity contribution in [2.75, 3.05) is 0 Å². The van der Waals surface area contributed by atoms with Crippen LogP contribution in [0.2, 0.25) is 0 Å². The molecule has 0 radical (unpaired) electrons. The Balaban J connectivity index is 2.33. The normalized spacial score (nSPS) is 14.0. The van der Waals surface area contributed by atoms with E-state index in [1.54, 1.807) is 18.2 Å². The second kappa shape index (κ2) is 6.85. The van der Waals surface area contributed by atoms with E-state index in [-0.39, 0.29) is 16.0 Å². The molecule has 0 aliphatic heterocycles. The molecule has 2 rings (SSSR count). The second-order valence-corrected chi connectivity index (χ2v) is 7.12. The zero-order valence-corrected chi connectivity index (χ0v) is 13.9. The molecule has 0 bridgehead atoms. The van der Waals surface area contributed by atoms with Gasteiger partial charge in [0.1, 0.15) is 15.7 Å². The summed E-state index contributed by atoms with van der Waals surface area (Å²) in [5.74, 6) is -1.59. The van der Waals surface area contributed by atoms with Gasteiger partial charge in [0, 0.05) is 5.56 Å². The minimum absolute atomic E-state index is 0.0231. The van der Waals surface area contributed by atoms with Crippen LogP contribution in [0.25, 0.3) is 0 Å². The van der Waals surface area contributed by atoms with Gasteiger partial charge in [0.15, 0.2) is 0 Å². The van der Waals surface area contributed by atoms with Crippen LogP contribution >= 0.6 is 0 Å². The summed E-state index contributed by atoms with van der Waals surface area (Å²) in [6.07, 6.45) is -5.13. The summed E-state index contributed by atoms with van der Waals surface area (Å²) in [4.78, 5) is 12.2. The minimum Gasteiger partial charge on any atom is -0.508 e. The molecule has 1 atom stereocenters. The molecule has 5 nitrogen and oxygen atoms in total. The van der Waals surface area contributed by atoms with Gasteiger partial charge in [-0.1, -0.05) is 18.2 Å². The topological polar surface area (TPSA) is 92.8 Å². The minimum atomic E-state index is -4.62. The Hall–Kier alpha value is -2.39. The van der Waals surface area contributed by atoms with Crippen molar-refractivity contribution in [3.05, 3.63) is 59.2 Å². The highest BCUT2D eigenvalue weighted by Gasteiger charge is 2.32. The van der Waals surface area contributed by atoms with Crippen LogP contribution in [0.15, 0.2) is 51.7 Å². The van der Waals surface area contributed by atoms with Crippen molar-refractivity contribution in [1.82, 2.24) is 0 Å². The highest BCUT2D eigenvalue weighted by molar-refractivity contribution is 7.91. The van der Waals surface area contributed by atoms with E-state index < -0.39 is 39.7 Å². The van der Waals surface area contributed by atoms with Gasteiger partial charge in [0.25, 0.3) is 5.91 Å². The van der Waals surface area contributed by atoms with E-state index in [1.165, 1.54) is 19.1 Å². The van der Waals surface area contributed by atoms with E-state index in [4.69, 9.17) is 5.14 Å². The van der Waals surface area contributed by atoms with Gasteiger partial charge >= 0.3 is 6.18 Å². The van der Waals surface area contributed by atoms with Crippen LogP contribution in [0.4, 0.5) is 13.2 Å². The standard InChI is InChI=1S/C16H15F3N2O3S/c1-10-7-11(16(17,18)19)8-14(22)13(10)9-15(23)21-25(20,24)12-5-3-2-4-6-12/h2-8,22H,9H2,1H3,(H2,20,21,23,24). The number of phenolic OH excluding ortho intramolecular Hbond substituents is 1. The zero-order chi connectivity index (χ0) is 18.8. The molecular formula is C16H15F3N2O3S. The highest BCUT2D eigenvalue weighted by Crippen LogP contribution is 2.34. The fourth-order valence-corrected chi connectivity index (χ4v) is 3.21. The highest BCUT2D eigenvalue weighted by atomic mass is 32.2. The molecule has 0 aromatic heterocycles. The van der Waals surface area contributed by atoms with Crippen molar-refractivity contribution in [2.45, 2.75) is 24.4 Å². The molecule has 0 fully saturated rings. The van der Waals surface area contributed by atoms with Gasteiger partial charge in [-0.15, -0.1) is 4.36 Å². The van der Waals surface area contributed by atoms with Crippen molar-refractivity contribution >= 4 is 15.8 Å². The molecular weight excluding hydrogens is 357 g/mol. The third-order valence-electron chi connectivity index (χ3n) is 3.42. The maximum Gasteiger partial charge on any atom is 0.416 e. The third-order valence-corrected chi connectivity index (χ3v) is 4.85. The van der Waals surface area contributed by atoms with Crippen LogP contribution in [-0.2, 0) is 27.3 Å². The number of carbonyl (C=O) groups excluding carboxylic acids is 1. The van der Waals surface area contributed by atoms with E-state index in [9.17, 15) is 27.3 Å². The smallest absolute Gasteiger partial charge is 0.416 e. The molecule has 2 aromatic carbocycles. The van der Waals surface area contributed by atoms with Crippen molar-refractivity contribution in [2.24, 2.45) is 9.50 Å². The lowest BCUT2D eigenvalue weighted by atomic mass is 10.0. The van der Waals surface area contributed by atoms with E-state index in [0.717, 1.165) is 6.07 Å². The first-order valence-electron chi connectivity index (χ1n) is 7.03. The zero-order valence-electron chi connectivity index (χ0n) is 13.1. The van der Waals surface area contributed by atoms with Crippen LogP contribution in [0.3, 0.4) is 0 Å². The van der Waals surface area contributed by atoms with Crippen molar-refractivity contribution in [1.29, 1.82) is 0 Å². The van der Waals surface area contributed by atoms with E-state index in [1.807, 2.05) is 0 Å². The molecule has 0 saturated carbocycles. The Bertz CT molecular complexity index is 895. The number of benzene rings is 2. The van der Waals surface area contributed by atoms with Crippen molar-refractivity contribution in [3.63, 3.8) is 0 Å². The summed E-state index contributed by atoms with van der Waals surface area (Å²) in [6.45, 7) is 1.33. The number of nitrogens with zero attached hydrogens (tertiary/aromatic N) is 1. The van der Waals surface area contributed by atoms with Crippen LogP contribution in [0, 0.1) is 6.92 Å². The predicted molar refractivity (Wildman–Crippen MR) is 86.0 cm³/mol. The number of rotatable bonds is 3. The quantitative estimate of drug-likeness (QED) is 0.867. The lowest BCUT2D eigenvalue weighted by molar-refractivity contribution is -0.137. The average molecular weight is 372 g/mol. The molecule has 134 valence electrons. The van der Waals surface area contributed by atoms with Gasteiger partial charge in [-0.2, -0.15) is 13.2 Å². The second-order valence-electron chi connectivity index (χ2n) is 5.33. The lowest BCUT2D eigenvalue weighted by Crippen LogP contribution is -2.16. The fourth-order valence-electron chi connectivity index (χ4n) is 2.20. The molecule has 0 spiro atoms. The Morgan fingerprint density at radius 3 is 2.36 bits per heavy atom. The predicted octanol–water partition coefficient (Wildman–Crippen LogP) is 3.19. The number of carbonyl (C=O) groups is 1. The molecule has 1 unspecified atom stereocenters. The first-order chi connectivity index (χ1) is 11.5. The maximum absolute atomic E-state index is 12.7. The number of amides is 1. The first-order valence-corrected chi connectivity index (χ1v) is 8.61. The Morgan fingerprint density at radius 1 is 1.24 bits per heavy atom. The molecule has 9 heteroatoms. The number of hydrogen-bond donors (Lipinski definition) is 2. The molecule has 0 saturated heterocycles. The maximum atomic E-state index is 12.7. The van der Waals surface area contributed by atoms with E-state index >= 15 is 0 Å². The van der Waals surface area contributed by atoms with Crippen LogP contribution in [0.1, 0.15) is 16.7 Å². The average Bonchev–Trinajstić information content (AvgIpc) is 2.50. The molecule has 2 aromatic rings. The summed E-state index contributed by atoms with van der Waals surface area (Å²) >= 11 is 0. The lowest BCUT2D eigenvalue weighted by Gasteiger charge is -2.12. The number of phenols is 1. The van der Waals surface area contributed by atoms with Gasteiger partial charge in [0.05, 0.1) is 16.9 Å². The Labute approximate surface area is 142 Å². The molecule has 0 heterocycles. The number of hydrogen-bond acceptors (Lipinski definition) is 3. The summed E-state index contributed by atoms with van der Waals surface area (Å²) in [6, 6.07) is 9.07.